The molecule has 0 aromatic heterocycles. The van der Waals surface area contributed by atoms with Crippen LogP contribution in [0.25, 0.3) is 0 Å². The molecule has 21 heavy (non-hydrogen) atoms. The van der Waals surface area contributed by atoms with Crippen LogP contribution in [0.2, 0.25) is 10.0 Å². The number of hydrogen-bond donors (Lipinski definition) is 1. The third-order valence-electron chi connectivity index (χ3n) is 2.88. The Labute approximate surface area is 133 Å². The molecule has 0 aliphatic carbocycles. The fourth-order valence-corrected chi connectivity index (χ4v) is 2.22. The van der Waals surface area contributed by atoms with Crippen LogP contribution in [0.5, 0.6) is 5.75 Å². The molecule has 2 rings (SSSR count). The third-order valence-corrected chi connectivity index (χ3v) is 3.47. The van der Waals surface area contributed by atoms with Gasteiger partial charge in [-0.05, 0) is 24.6 Å². The molecule has 0 aliphatic heterocycles. The predicted molar refractivity (Wildman–Crippen MR) is 85.0 cm³/mol. The van der Waals surface area contributed by atoms with Crippen molar-refractivity contribution in [1.29, 1.82) is 0 Å². The van der Waals surface area contributed by atoms with Crippen molar-refractivity contribution >= 4 is 29.1 Å². The smallest absolute Gasteiger partial charge is 0.258 e. The van der Waals surface area contributed by atoms with Crippen LogP contribution in [-0.4, -0.2) is 12.5 Å². The summed E-state index contributed by atoms with van der Waals surface area (Å²) in [4.78, 5) is 11.8. The first kappa shape index (κ1) is 15.7. The standard InChI is InChI=1S/C16H15Cl2NO2/c1-11-5-7-12(8-6-11)9-19-15(20)10-21-16-13(17)3-2-4-14(16)18/h2-8H,9-10H2,1H3,(H,19,20). The molecule has 0 fully saturated rings. The lowest BCUT2D eigenvalue weighted by Gasteiger charge is -2.10. The van der Waals surface area contributed by atoms with Gasteiger partial charge >= 0.3 is 0 Å². The maximum atomic E-state index is 11.8. The van der Waals surface area contributed by atoms with Crippen molar-refractivity contribution in [2.45, 2.75) is 13.5 Å². The zero-order valence-corrected chi connectivity index (χ0v) is 13.0. The Bertz CT molecular complexity index is 606. The monoisotopic (exact) mass is 323 g/mol. The number of ether oxygens (including phenoxy) is 1. The van der Waals surface area contributed by atoms with Crippen LogP contribution in [0.4, 0.5) is 0 Å². The van der Waals surface area contributed by atoms with E-state index in [0.717, 1.165) is 5.56 Å². The Kier molecular flexibility index (Phi) is 5.48. The summed E-state index contributed by atoms with van der Waals surface area (Å²) in [6.07, 6.45) is 0. The summed E-state index contributed by atoms with van der Waals surface area (Å²) in [6, 6.07) is 13.0. The van der Waals surface area contributed by atoms with Crippen LogP contribution in [0, 0.1) is 6.92 Å². The van der Waals surface area contributed by atoms with Crippen molar-refractivity contribution < 1.29 is 9.53 Å². The first-order valence-electron chi connectivity index (χ1n) is 6.45. The first-order valence-corrected chi connectivity index (χ1v) is 7.21. The van der Waals surface area contributed by atoms with E-state index >= 15 is 0 Å². The molecule has 0 saturated carbocycles. The molecular weight excluding hydrogens is 309 g/mol. The van der Waals surface area contributed by atoms with Gasteiger partial charge in [0.1, 0.15) is 0 Å². The minimum atomic E-state index is -0.230. The van der Waals surface area contributed by atoms with Crippen molar-refractivity contribution in [2.75, 3.05) is 6.61 Å². The highest BCUT2D eigenvalue weighted by molar-refractivity contribution is 6.37. The molecule has 0 bridgehead atoms. The normalized spacial score (nSPS) is 10.2. The Morgan fingerprint density at radius 1 is 1.10 bits per heavy atom. The average Bonchev–Trinajstić information content (AvgIpc) is 2.46. The Morgan fingerprint density at radius 3 is 2.33 bits per heavy atom. The van der Waals surface area contributed by atoms with E-state index in [2.05, 4.69) is 5.32 Å². The summed E-state index contributed by atoms with van der Waals surface area (Å²) in [5.41, 5.74) is 2.21. The SMILES string of the molecule is Cc1ccc(CNC(=O)COc2c(Cl)cccc2Cl)cc1. The minimum Gasteiger partial charge on any atom is -0.481 e. The number of nitrogens with one attached hydrogen (secondary N) is 1. The zero-order chi connectivity index (χ0) is 15.2. The number of carbonyl (C=O) groups excluding carboxylic acids is 1. The van der Waals surface area contributed by atoms with Gasteiger partial charge in [-0.15, -0.1) is 0 Å². The van der Waals surface area contributed by atoms with E-state index in [4.69, 9.17) is 27.9 Å². The predicted octanol–water partition coefficient (Wildman–Crippen LogP) is 4.00. The third kappa shape index (κ3) is 4.66. The summed E-state index contributed by atoms with van der Waals surface area (Å²) in [7, 11) is 0. The van der Waals surface area contributed by atoms with Gasteiger partial charge in [-0.2, -0.15) is 0 Å². The molecular formula is C16H15Cl2NO2. The average molecular weight is 324 g/mol. The molecule has 0 radical (unpaired) electrons. The molecule has 0 atom stereocenters. The Balaban J connectivity index is 1.84. The molecule has 0 saturated heterocycles. The highest BCUT2D eigenvalue weighted by Gasteiger charge is 2.09. The van der Waals surface area contributed by atoms with Gasteiger partial charge in [0.15, 0.2) is 12.4 Å². The molecule has 1 amide bonds. The lowest BCUT2D eigenvalue weighted by molar-refractivity contribution is -0.123. The second-order valence-electron chi connectivity index (χ2n) is 4.60. The molecule has 2 aromatic rings. The number of benzene rings is 2. The lowest BCUT2D eigenvalue weighted by Crippen LogP contribution is -2.28. The van der Waals surface area contributed by atoms with E-state index in [9.17, 15) is 4.79 Å². The fraction of sp³-hybridized carbons (Fsp3) is 0.188. The molecule has 110 valence electrons. The van der Waals surface area contributed by atoms with Gasteiger partial charge in [-0.25, -0.2) is 0 Å². The van der Waals surface area contributed by atoms with Crippen molar-refractivity contribution in [1.82, 2.24) is 5.32 Å². The number of carbonyl (C=O) groups is 1. The van der Waals surface area contributed by atoms with Crippen molar-refractivity contribution in [3.63, 3.8) is 0 Å². The maximum Gasteiger partial charge on any atom is 0.258 e. The second-order valence-corrected chi connectivity index (χ2v) is 5.42. The van der Waals surface area contributed by atoms with Gasteiger partial charge in [-0.1, -0.05) is 59.1 Å². The Morgan fingerprint density at radius 2 is 1.71 bits per heavy atom. The van der Waals surface area contributed by atoms with Crippen LogP contribution < -0.4 is 10.1 Å². The highest BCUT2D eigenvalue weighted by Crippen LogP contribution is 2.32. The van der Waals surface area contributed by atoms with E-state index < -0.39 is 0 Å². The quantitative estimate of drug-likeness (QED) is 0.903. The topological polar surface area (TPSA) is 38.3 Å². The zero-order valence-electron chi connectivity index (χ0n) is 11.5. The summed E-state index contributed by atoms with van der Waals surface area (Å²) < 4.78 is 5.36. The number of aryl methyl sites for hydroxylation is 1. The van der Waals surface area contributed by atoms with E-state index in [1.807, 2.05) is 31.2 Å². The number of hydrogen-bond acceptors (Lipinski definition) is 2. The van der Waals surface area contributed by atoms with Crippen LogP contribution in [0.15, 0.2) is 42.5 Å². The van der Waals surface area contributed by atoms with Gasteiger partial charge in [-0.3, -0.25) is 4.79 Å². The maximum absolute atomic E-state index is 11.8. The largest absolute Gasteiger partial charge is 0.481 e. The fourth-order valence-electron chi connectivity index (χ4n) is 1.72. The molecule has 0 spiro atoms. The molecule has 0 heterocycles. The van der Waals surface area contributed by atoms with Gasteiger partial charge in [0.25, 0.3) is 5.91 Å². The number of para-hydroxylation sites is 1. The van der Waals surface area contributed by atoms with Gasteiger partial charge < -0.3 is 10.1 Å². The van der Waals surface area contributed by atoms with Gasteiger partial charge in [0.05, 0.1) is 10.0 Å². The van der Waals surface area contributed by atoms with Crippen molar-refractivity contribution in [2.24, 2.45) is 0 Å². The summed E-state index contributed by atoms with van der Waals surface area (Å²) in [5, 5.41) is 3.54. The highest BCUT2D eigenvalue weighted by atomic mass is 35.5. The first-order chi connectivity index (χ1) is 10.1. The molecule has 1 N–H and O–H groups in total. The van der Waals surface area contributed by atoms with Gasteiger partial charge in [0.2, 0.25) is 0 Å². The van der Waals surface area contributed by atoms with Crippen molar-refractivity contribution in [3.05, 3.63) is 63.6 Å². The van der Waals surface area contributed by atoms with E-state index in [1.165, 1.54) is 5.56 Å². The summed E-state index contributed by atoms with van der Waals surface area (Å²) >= 11 is 11.9. The number of amides is 1. The molecule has 3 nitrogen and oxygen atoms in total. The molecule has 2 aromatic carbocycles. The van der Waals surface area contributed by atoms with Crippen LogP contribution in [0.1, 0.15) is 11.1 Å². The summed E-state index contributed by atoms with van der Waals surface area (Å²) in [6.45, 7) is 2.34. The van der Waals surface area contributed by atoms with Gasteiger partial charge in [0, 0.05) is 6.54 Å². The Hall–Kier alpha value is -1.71. The number of rotatable bonds is 5. The van der Waals surface area contributed by atoms with Crippen LogP contribution in [-0.2, 0) is 11.3 Å². The van der Waals surface area contributed by atoms with Crippen LogP contribution >= 0.6 is 23.2 Å². The molecule has 0 aliphatic rings. The van der Waals surface area contributed by atoms with E-state index in [-0.39, 0.29) is 12.5 Å². The second kappa shape index (κ2) is 7.34. The minimum absolute atomic E-state index is 0.130. The molecule has 5 heteroatoms. The summed E-state index contributed by atoms with van der Waals surface area (Å²) in [5.74, 6) is 0.0953. The van der Waals surface area contributed by atoms with E-state index in [1.54, 1.807) is 18.2 Å². The molecule has 0 unspecified atom stereocenters. The van der Waals surface area contributed by atoms with Crippen LogP contribution in [0.3, 0.4) is 0 Å². The van der Waals surface area contributed by atoms with Crippen molar-refractivity contribution in [3.8, 4) is 5.75 Å². The lowest BCUT2D eigenvalue weighted by atomic mass is 10.1. The number of halogens is 2. The van der Waals surface area contributed by atoms with E-state index in [0.29, 0.717) is 22.3 Å².